The van der Waals surface area contributed by atoms with Gasteiger partial charge in [0.25, 0.3) is 0 Å². The Morgan fingerprint density at radius 1 is 1.25 bits per heavy atom. The Bertz CT molecular complexity index is 444. The predicted molar refractivity (Wildman–Crippen MR) is 84.0 cm³/mol. The molecule has 0 spiro atoms. The van der Waals surface area contributed by atoms with E-state index >= 15 is 0 Å². The van der Waals surface area contributed by atoms with Gasteiger partial charge in [-0.15, -0.1) is 0 Å². The highest BCUT2D eigenvalue weighted by Crippen LogP contribution is 2.23. The number of hydrogen-bond acceptors (Lipinski definition) is 3. The third-order valence-electron chi connectivity index (χ3n) is 4.00. The van der Waals surface area contributed by atoms with Crippen molar-refractivity contribution in [2.45, 2.75) is 38.1 Å². The van der Waals surface area contributed by atoms with Gasteiger partial charge in [-0.05, 0) is 18.9 Å². The summed E-state index contributed by atoms with van der Waals surface area (Å²) in [6.07, 6.45) is 6.04. The number of halogens is 1. The summed E-state index contributed by atoms with van der Waals surface area (Å²) >= 11 is 3.43. The van der Waals surface area contributed by atoms with Crippen molar-refractivity contribution in [3.63, 3.8) is 0 Å². The number of carbonyl (C=O) groups excluding carboxylic acids is 1. The first-order valence-corrected chi connectivity index (χ1v) is 8.14. The van der Waals surface area contributed by atoms with E-state index < -0.39 is 0 Å². The topological polar surface area (TPSA) is 40.5 Å². The van der Waals surface area contributed by atoms with Gasteiger partial charge in [-0.3, -0.25) is 9.69 Å². The lowest BCUT2D eigenvalue weighted by Crippen LogP contribution is -2.42. The van der Waals surface area contributed by atoms with E-state index in [-0.39, 0.29) is 12.4 Å². The van der Waals surface area contributed by atoms with E-state index in [0.717, 1.165) is 22.9 Å². The van der Waals surface area contributed by atoms with Gasteiger partial charge < -0.3 is 5.11 Å². The number of Topliss-reactive ketones (excluding diaryl/α,β-unsaturated/α-hetero) is 1. The van der Waals surface area contributed by atoms with E-state index in [1.807, 2.05) is 24.3 Å². The number of aliphatic hydroxyl groups excluding tert-OH is 1. The van der Waals surface area contributed by atoms with Crippen LogP contribution in [-0.2, 0) is 0 Å². The molecule has 1 N–H and O–H groups in total. The molecule has 0 radical (unpaired) electrons. The minimum Gasteiger partial charge on any atom is -0.395 e. The van der Waals surface area contributed by atoms with Crippen LogP contribution in [-0.4, -0.2) is 41.5 Å². The standard InChI is InChI=1S/C16H22BrNO2/c17-15-9-5-4-8-14(15)16(20)12-18(10-11-19)13-6-2-1-3-7-13/h4-5,8-9,13,19H,1-3,6-7,10-12H2. The first-order valence-electron chi connectivity index (χ1n) is 7.35. The Kier molecular flexibility index (Phi) is 6.20. The smallest absolute Gasteiger partial charge is 0.177 e. The van der Waals surface area contributed by atoms with Gasteiger partial charge in [0.05, 0.1) is 13.2 Å². The number of ketones is 1. The maximum Gasteiger partial charge on any atom is 0.177 e. The normalized spacial score (nSPS) is 16.6. The van der Waals surface area contributed by atoms with E-state index in [9.17, 15) is 9.90 Å². The molecule has 1 aromatic carbocycles. The average Bonchev–Trinajstić information content (AvgIpc) is 2.48. The van der Waals surface area contributed by atoms with E-state index in [1.54, 1.807) is 0 Å². The van der Waals surface area contributed by atoms with Crippen molar-refractivity contribution in [3.05, 3.63) is 34.3 Å². The van der Waals surface area contributed by atoms with Crippen molar-refractivity contribution < 1.29 is 9.90 Å². The maximum atomic E-state index is 12.4. The number of hydrogen-bond donors (Lipinski definition) is 1. The van der Waals surface area contributed by atoms with Gasteiger partial charge in [-0.2, -0.15) is 0 Å². The fourth-order valence-electron chi connectivity index (χ4n) is 2.92. The molecule has 20 heavy (non-hydrogen) atoms. The highest BCUT2D eigenvalue weighted by Gasteiger charge is 2.23. The molecule has 1 aliphatic rings. The lowest BCUT2D eigenvalue weighted by Gasteiger charge is -2.33. The third kappa shape index (κ3) is 4.14. The Labute approximate surface area is 129 Å². The molecule has 1 saturated carbocycles. The molecular weight excluding hydrogens is 318 g/mol. The minimum atomic E-state index is 0.111. The summed E-state index contributed by atoms with van der Waals surface area (Å²) in [7, 11) is 0. The molecule has 4 heteroatoms. The maximum absolute atomic E-state index is 12.4. The van der Waals surface area contributed by atoms with Crippen LogP contribution in [0.5, 0.6) is 0 Å². The monoisotopic (exact) mass is 339 g/mol. The first-order chi connectivity index (χ1) is 9.72. The second-order valence-electron chi connectivity index (χ2n) is 5.39. The lowest BCUT2D eigenvalue weighted by molar-refractivity contribution is 0.0814. The van der Waals surface area contributed by atoms with Crippen molar-refractivity contribution in [1.29, 1.82) is 0 Å². The summed E-state index contributed by atoms with van der Waals surface area (Å²) in [6.45, 7) is 1.09. The summed E-state index contributed by atoms with van der Waals surface area (Å²) in [5.41, 5.74) is 0.728. The van der Waals surface area contributed by atoms with Crippen molar-refractivity contribution in [2.24, 2.45) is 0 Å². The quantitative estimate of drug-likeness (QED) is 0.808. The highest BCUT2D eigenvalue weighted by atomic mass is 79.9. The predicted octanol–water partition coefficient (Wildman–Crippen LogP) is 3.26. The van der Waals surface area contributed by atoms with Crippen LogP contribution < -0.4 is 0 Å². The molecule has 1 aliphatic carbocycles. The molecule has 2 rings (SSSR count). The van der Waals surface area contributed by atoms with E-state index in [2.05, 4.69) is 20.8 Å². The molecular formula is C16H22BrNO2. The van der Waals surface area contributed by atoms with Crippen LogP contribution in [0.4, 0.5) is 0 Å². The van der Waals surface area contributed by atoms with Gasteiger partial charge >= 0.3 is 0 Å². The zero-order chi connectivity index (χ0) is 14.4. The Balaban J connectivity index is 2.03. The Morgan fingerprint density at radius 2 is 1.95 bits per heavy atom. The summed E-state index contributed by atoms with van der Waals surface area (Å²) in [6, 6.07) is 7.99. The van der Waals surface area contributed by atoms with E-state index in [1.165, 1.54) is 19.3 Å². The van der Waals surface area contributed by atoms with Crippen LogP contribution in [0.3, 0.4) is 0 Å². The van der Waals surface area contributed by atoms with Gasteiger partial charge in [-0.1, -0.05) is 53.4 Å². The summed E-state index contributed by atoms with van der Waals surface area (Å²) in [4.78, 5) is 14.6. The molecule has 0 atom stereocenters. The van der Waals surface area contributed by atoms with Gasteiger partial charge in [0.2, 0.25) is 0 Å². The summed E-state index contributed by atoms with van der Waals surface area (Å²) in [5.74, 6) is 0.122. The Hall–Kier alpha value is -0.710. The highest BCUT2D eigenvalue weighted by molar-refractivity contribution is 9.10. The second kappa shape index (κ2) is 7.91. The fourth-order valence-corrected chi connectivity index (χ4v) is 3.43. The largest absolute Gasteiger partial charge is 0.395 e. The molecule has 0 bridgehead atoms. The van der Waals surface area contributed by atoms with Crippen molar-refractivity contribution in [1.82, 2.24) is 4.90 Å². The summed E-state index contributed by atoms with van der Waals surface area (Å²) in [5, 5.41) is 9.24. The molecule has 0 aromatic heterocycles. The van der Waals surface area contributed by atoms with Gasteiger partial charge in [0, 0.05) is 22.6 Å². The zero-order valence-corrected chi connectivity index (χ0v) is 13.3. The molecule has 0 aliphatic heterocycles. The molecule has 0 heterocycles. The first kappa shape index (κ1) is 15.7. The molecule has 110 valence electrons. The molecule has 1 aromatic rings. The van der Waals surface area contributed by atoms with Crippen LogP contribution in [0.15, 0.2) is 28.7 Å². The number of aliphatic hydroxyl groups is 1. The van der Waals surface area contributed by atoms with Crippen LogP contribution in [0.25, 0.3) is 0 Å². The van der Waals surface area contributed by atoms with Crippen LogP contribution in [0.2, 0.25) is 0 Å². The third-order valence-corrected chi connectivity index (χ3v) is 4.69. The number of carbonyl (C=O) groups is 1. The molecule has 0 saturated heterocycles. The van der Waals surface area contributed by atoms with E-state index in [4.69, 9.17) is 0 Å². The number of rotatable bonds is 6. The van der Waals surface area contributed by atoms with Crippen molar-refractivity contribution >= 4 is 21.7 Å². The van der Waals surface area contributed by atoms with Gasteiger partial charge in [0.15, 0.2) is 5.78 Å². The van der Waals surface area contributed by atoms with Crippen molar-refractivity contribution in [2.75, 3.05) is 19.7 Å². The molecule has 0 amide bonds. The van der Waals surface area contributed by atoms with Gasteiger partial charge in [-0.25, -0.2) is 0 Å². The van der Waals surface area contributed by atoms with Crippen molar-refractivity contribution in [3.8, 4) is 0 Å². The fraction of sp³-hybridized carbons (Fsp3) is 0.562. The Morgan fingerprint density at radius 3 is 2.60 bits per heavy atom. The number of benzene rings is 1. The number of nitrogens with zero attached hydrogens (tertiary/aromatic N) is 1. The van der Waals surface area contributed by atoms with Crippen LogP contribution >= 0.6 is 15.9 Å². The van der Waals surface area contributed by atoms with Gasteiger partial charge in [0.1, 0.15) is 0 Å². The van der Waals surface area contributed by atoms with E-state index in [0.29, 0.717) is 19.1 Å². The lowest BCUT2D eigenvalue weighted by atomic mass is 9.94. The average molecular weight is 340 g/mol. The minimum absolute atomic E-state index is 0.111. The van der Waals surface area contributed by atoms with Crippen LogP contribution in [0.1, 0.15) is 42.5 Å². The molecule has 0 unspecified atom stereocenters. The zero-order valence-electron chi connectivity index (χ0n) is 11.7. The molecule has 3 nitrogen and oxygen atoms in total. The summed E-state index contributed by atoms with van der Waals surface area (Å²) < 4.78 is 0.845. The van der Waals surface area contributed by atoms with Crippen LogP contribution in [0, 0.1) is 0 Å². The second-order valence-corrected chi connectivity index (χ2v) is 6.24. The SMILES string of the molecule is O=C(CN(CCO)C1CCCCC1)c1ccccc1Br. The molecule has 1 fully saturated rings.